The summed E-state index contributed by atoms with van der Waals surface area (Å²) in [5.74, 6) is 0. The van der Waals surface area contributed by atoms with Crippen molar-refractivity contribution in [1.29, 1.82) is 0 Å². The van der Waals surface area contributed by atoms with Crippen molar-refractivity contribution in [1.82, 2.24) is 0 Å². The minimum atomic E-state index is -1.60. The first-order valence-corrected chi connectivity index (χ1v) is 12.6. The molecule has 0 aromatic heterocycles. The second-order valence-electron chi connectivity index (χ2n) is 5.51. The molecule has 3 aromatic carbocycles. The van der Waals surface area contributed by atoms with Crippen LogP contribution in [0.4, 0.5) is 0 Å². The van der Waals surface area contributed by atoms with Gasteiger partial charge in [0, 0.05) is 10.6 Å². The van der Waals surface area contributed by atoms with Crippen LogP contribution < -0.4 is 15.9 Å². The largest absolute Gasteiger partial charge is 0.0819 e. The van der Waals surface area contributed by atoms with E-state index in [1.165, 1.54) is 0 Å². The normalized spacial score (nSPS) is 11.4. The van der Waals surface area contributed by atoms with Crippen LogP contribution in [0.25, 0.3) is 0 Å². The molecule has 0 aliphatic carbocycles. The van der Waals surface area contributed by atoms with Crippen LogP contribution in [0.2, 0.25) is 50.2 Å². The van der Waals surface area contributed by atoms with Gasteiger partial charge in [-0.2, -0.15) is 0 Å². The zero-order chi connectivity index (χ0) is 21.6. The van der Waals surface area contributed by atoms with E-state index in [2.05, 4.69) is 0 Å². The van der Waals surface area contributed by atoms with Crippen LogP contribution in [0, 0.1) is 0 Å². The van der Waals surface area contributed by atoms with E-state index in [0.29, 0.717) is 10.6 Å². The summed E-state index contributed by atoms with van der Waals surface area (Å²) in [6.07, 6.45) is 0. The Kier molecular flexibility index (Phi) is 8.38. The highest BCUT2D eigenvalue weighted by atomic mass is 35.5. The van der Waals surface area contributed by atoms with Crippen molar-refractivity contribution in [3.63, 3.8) is 0 Å². The lowest BCUT2D eigenvalue weighted by atomic mass is 10.3. The van der Waals surface area contributed by atoms with Gasteiger partial charge in [-0.05, 0) is 13.2 Å². The smallest absolute Gasteiger partial charge is 0.0809 e. The fourth-order valence-electron chi connectivity index (χ4n) is 2.53. The van der Waals surface area contributed by atoms with Crippen LogP contribution in [-0.2, 0) is 0 Å². The fourth-order valence-corrected chi connectivity index (χ4v) is 8.52. The zero-order valence-electron chi connectivity index (χ0n) is 13.6. The third kappa shape index (κ3) is 4.44. The first-order chi connectivity index (χ1) is 13.6. The van der Waals surface area contributed by atoms with E-state index in [0.717, 1.165) is 5.30 Å². The Balaban J connectivity index is 2.50. The predicted octanol–water partition coefficient (Wildman–Crippen LogP) is 9.98. The fraction of sp³-hybridized carbons (Fsp3) is 0. The molecule has 152 valence electrons. The molecule has 0 unspecified atom stereocenters. The summed E-state index contributed by atoms with van der Waals surface area (Å²) in [6, 6.07) is 9.25. The van der Waals surface area contributed by atoms with Gasteiger partial charge < -0.3 is 0 Å². The zero-order valence-corrected chi connectivity index (χ0v) is 22.1. The van der Waals surface area contributed by atoms with Crippen molar-refractivity contribution in [3.05, 3.63) is 80.6 Å². The maximum Gasteiger partial charge on any atom is 0.0809 e. The summed E-state index contributed by atoms with van der Waals surface area (Å²) in [4.78, 5) is 0. The summed E-state index contributed by atoms with van der Waals surface area (Å²) in [5.41, 5.74) is 0. The molecular formula is C18H5Cl10P. The van der Waals surface area contributed by atoms with Crippen molar-refractivity contribution in [2.45, 2.75) is 0 Å². The average Bonchev–Trinajstić information content (AvgIpc) is 2.73. The molecule has 0 amide bonds. The SMILES string of the molecule is Clc1c(Cl)c(Cl)c(P(c2ccccc2)c2c(Cl)c(Cl)c(Cl)c(Cl)c2Cl)c(Cl)c1Cl. The van der Waals surface area contributed by atoms with Crippen LogP contribution in [-0.4, -0.2) is 0 Å². The molecule has 29 heavy (non-hydrogen) atoms. The van der Waals surface area contributed by atoms with Gasteiger partial charge in [-0.15, -0.1) is 0 Å². The first kappa shape index (κ1) is 24.6. The standard InChI is InChI=1S/C18H5Cl10P/c19-7-9(21)13(25)17(14(26)10(7)22)29(6-4-2-1-3-5-6)18-15(27)11(23)8(20)12(24)16(18)28/h1-5H. The highest BCUT2D eigenvalue weighted by Gasteiger charge is 2.33. The molecule has 0 heterocycles. The van der Waals surface area contributed by atoms with E-state index < -0.39 is 7.92 Å². The lowest BCUT2D eigenvalue weighted by Crippen LogP contribution is -2.25. The molecule has 0 aliphatic rings. The summed E-state index contributed by atoms with van der Waals surface area (Å²) in [7, 11) is -1.60. The maximum atomic E-state index is 6.56. The quantitative estimate of drug-likeness (QED) is 0.158. The molecule has 0 spiro atoms. The monoisotopic (exact) mass is 602 g/mol. The van der Waals surface area contributed by atoms with Gasteiger partial charge in [-0.3, -0.25) is 0 Å². The molecule has 0 bridgehead atoms. The van der Waals surface area contributed by atoms with E-state index in [9.17, 15) is 0 Å². The summed E-state index contributed by atoms with van der Waals surface area (Å²) in [5, 5.41) is 2.40. The van der Waals surface area contributed by atoms with Crippen LogP contribution in [0.15, 0.2) is 30.3 Å². The van der Waals surface area contributed by atoms with Crippen molar-refractivity contribution in [2.75, 3.05) is 0 Å². The molecule has 0 aliphatic heterocycles. The van der Waals surface area contributed by atoms with Crippen molar-refractivity contribution in [2.24, 2.45) is 0 Å². The summed E-state index contributed by atoms with van der Waals surface area (Å²) < 4.78 is 0. The van der Waals surface area contributed by atoms with E-state index in [1.54, 1.807) is 0 Å². The average molecular weight is 607 g/mol. The maximum absolute atomic E-state index is 6.56. The van der Waals surface area contributed by atoms with E-state index >= 15 is 0 Å². The van der Waals surface area contributed by atoms with Crippen LogP contribution in [0.1, 0.15) is 0 Å². The molecule has 0 saturated heterocycles. The molecule has 0 fully saturated rings. The molecule has 11 heteroatoms. The number of hydrogen-bond donors (Lipinski definition) is 0. The van der Waals surface area contributed by atoms with Gasteiger partial charge in [0.25, 0.3) is 0 Å². The van der Waals surface area contributed by atoms with Gasteiger partial charge in [-0.25, -0.2) is 0 Å². The van der Waals surface area contributed by atoms with Crippen LogP contribution in [0.3, 0.4) is 0 Å². The van der Waals surface area contributed by atoms with Gasteiger partial charge >= 0.3 is 0 Å². The van der Waals surface area contributed by atoms with Crippen molar-refractivity contribution < 1.29 is 0 Å². The number of halogens is 10. The van der Waals surface area contributed by atoms with Gasteiger partial charge in [-0.1, -0.05) is 146 Å². The molecule has 0 saturated carbocycles. The Labute approximate surface area is 218 Å². The first-order valence-electron chi connectivity index (χ1n) is 7.47. The topological polar surface area (TPSA) is 0 Å². The Morgan fingerprint density at radius 3 is 0.966 bits per heavy atom. The van der Waals surface area contributed by atoms with Crippen LogP contribution in [0.5, 0.6) is 0 Å². The highest BCUT2D eigenvalue weighted by molar-refractivity contribution is 7.80. The van der Waals surface area contributed by atoms with Gasteiger partial charge in [0.1, 0.15) is 0 Å². The summed E-state index contributed by atoms with van der Waals surface area (Å²) >= 11 is 63.8. The van der Waals surface area contributed by atoms with E-state index in [-0.39, 0.29) is 50.2 Å². The number of rotatable bonds is 3. The third-order valence-electron chi connectivity index (χ3n) is 3.83. The molecule has 3 rings (SSSR count). The predicted molar refractivity (Wildman–Crippen MR) is 135 cm³/mol. The van der Waals surface area contributed by atoms with E-state index in [1.807, 2.05) is 30.3 Å². The minimum absolute atomic E-state index is 0.0412. The minimum Gasteiger partial charge on any atom is -0.0819 e. The molecular weight excluding hydrogens is 602 g/mol. The molecule has 0 N–H and O–H groups in total. The molecule has 0 atom stereocenters. The number of benzene rings is 3. The van der Waals surface area contributed by atoms with Gasteiger partial charge in [0.2, 0.25) is 0 Å². The highest BCUT2D eigenvalue weighted by Crippen LogP contribution is 2.51. The molecule has 0 nitrogen and oxygen atoms in total. The van der Waals surface area contributed by atoms with Crippen molar-refractivity contribution in [3.8, 4) is 0 Å². The Morgan fingerprint density at radius 2 is 0.655 bits per heavy atom. The lowest BCUT2D eigenvalue weighted by Gasteiger charge is -2.26. The molecule has 3 aromatic rings. The second-order valence-corrected chi connectivity index (χ2v) is 11.4. The lowest BCUT2D eigenvalue weighted by molar-refractivity contribution is 1.72. The van der Waals surface area contributed by atoms with Gasteiger partial charge in [0.15, 0.2) is 0 Å². The third-order valence-corrected chi connectivity index (χ3v) is 11.5. The van der Waals surface area contributed by atoms with Gasteiger partial charge in [0.05, 0.1) is 50.2 Å². The van der Waals surface area contributed by atoms with Crippen molar-refractivity contribution >= 4 is 140 Å². The second kappa shape index (κ2) is 9.86. The Bertz CT molecular complexity index is 986. The van der Waals surface area contributed by atoms with Crippen LogP contribution >= 0.6 is 124 Å². The summed E-state index contributed by atoms with van der Waals surface area (Å²) in [6.45, 7) is 0. The number of hydrogen-bond acceptors (Lipinski definition) is 0. The Hall–Kier alpha value is 0.990. The molecule has 0 radical (unpaired) electrons. The Morgan fingerprint density at radius 1 is 0.379 bits per heavy atom. The van der Waals surface area contributed by atoms with E-state index in [4.69, 9.17) is 116 Å².